The Kier molecular flexibility index (Phi) is 5.49. The fourth-order valence-corrected chi connectivity index (χ4v) is 0.739. The molecule has 0 amide bonds. The Labute approximate surface area is 55.1 Å². The summed E-state index contributed by atoms with van der Waals surface area (Å²) >= 11 is 4.14. The summed E-state index contributed by atoms with van der Waals surface area (Å²) in [7, 11) is 0. The highest BCUT2D eigenvalue weighted by atomic mass is 35.5. The second-order valence-corrected chi connectivity index (χ2v) is 1.82. The van der Waals surface area contributed by atoms with E-state index in [1.54, 1.807) is 0 Å². The minimum Gasteiger partial charge on any atom is -0.379 e. The molecule has 1 saturated heterocycles. The van der Waals surface area contributed by atoms with E-state index >= 15 is 0 Å². The molecule has 1 fully saturated rings. The summed E-state index contributed by atoms with van der Waals surface area (Å²) in [6.07, 6.45) is 3.08. The number of hydrogen-bond donors (Lipinski definition) is 1. The van der Waals surface area contributed by atoms with Crippen LogP contribution in [0.15, 0.2) is 0 Å². The first-order valence-electron chi connectivity index (χ1n) is 2.73. The summed E-state index contributed by atoms with van der Waals surface area (Å²) in [5.74, 6) is 0. The van der Waals surface area contributed by atoms with Gasteiger partial charge in [-0.1, -0.05) is 0 Å². The van der Waals surface area contributed by atoms with Gasteiger partial charge in [-0.15, -0.1) is 0 Å². The molecule has 50 valence electrons. The van der Waals surface area contributed by atoms with E-state index in [1.807, 2.05) is 0 Å². The Bertz CT molecular complexity index is 45.7. The van der Waals surface area contributed by atoms with Gasteiger partial charge < -0.3 is 4.74 Å². The third-order valence-electron chi connectivity index (χ3n) is 1.16. The molecule has 2 N–H and O–H groups in total. The van der Waals surface area contributed by atoms with Gasteiger partial charge in [-0.2, -0.15) is 0 Å². The average molecular weight is 138 g/mol. The first kappa shape index (κ1) is 8.21. The summed E-state index contributed by atoms with van der Waals surface area (Å²) in [6.45, 7) is 3.11. The Morgan fingerprint density at radius 3 is 2.38 bits per heavy atom. The van der Waals surface area contributed by atoms with Crippen LogP contribution in [-0.4, -0.2) is 12.7 Å². The molecule has 1 unspecified atom stereocenters. The predicted octanol–water partition coefficient (Wildman–Crippen LogP) is 1.28. The van der Waals surface area contributed by atoms with Gasteiger partial charge in [0, 0.05) is 6.61 Å². The van der Waals surface area contributed by atoms with Gasteiger partial charge in [-0.3, -0.25) is 0 Å². The van der Waals surface area contributed by atoms with E-state index in [4.69, 9.17) is 4.74 Å². The van der Waals surface area contributed by atoms with Crippen LogP contribution in [0.2, 0.25) is 0 Å². The monoisotopic (exact) mass is 137 g/mol. The molecule has 0 saturated carbocycles. The molecule has 0 spiro atoms. The molecular formula is C5H12ClNO. The lowest BCUT2D eigenvalue weighted by atomic mass is 10.3. The summed E-state index contributed by atoms with van der Waals surface area (Å²) in [5.41, 5.74) is 0. The minimum atomic E-state index is 0.546. The highest BCUT2D eigenvalue weighted by molar-refractivity contribution is 6.11. The molecule has 0 radical (unpaired) electrons. The van der Waals surface area contributed by atoms with E-state index in [-0.39, 0.29) is 0 Å². The number of nitrogens with two attached hydrogens (primary N) is 1. The maximum atomic E-state index is 5.15. The number of halogens is 1. The van der Waals surface area contributed by atoms with E-state index in [0.717, 1.165) is 6.61 Å². The van der Waals surface area contributed by atoms with Crippen molar-refractivity contribution < 1.29 is 4.74 Å². The quantitative estimate of drug-likeness (QED) is 0.511. The van der Waals surface area contributed by atoms with Gasteiger partial charge in [-0.05, 0) is 31.5 Å². The lowest BCUT2D eigenvalue weighted by molar-refractivity contribution is 0.125. The lowest BCUT2D eigenvalue weighted by Crippen LogP contribution is -1.94. The largest absolute Gasteiger partial charge is 0.379 e. The molecule has 1 heterocycles. The Morgan fingerprint density at radius 1 is 1.62 bits per heavy atom. The van der Waals surface area contributed by atoms with Gasteiger partial charge in [-0.25, -0.2) is 5.25 Å². The fourth-order valence-electron chi connectivity index (χ4n) is 0.739. The molecule has 1 aliphatic rings. The zero-order chi connectivity index (χ0) is 6.41. The Balaban J connectivity index is 0.000000222. The molecule has 8 heavy (non-hydrogen) atoms. The van der Waals surface area contributed by atoms with Crippen molar-refractivity contribution in [3.05, 3.63) is 0 Å². The molecule has 1 rings (SSSR count). The molecule has 0 aliphatic carbocycles. The first-order valence-corrected chi connectivity index (χ1v) is 3.16. The third kappa shape index (κ3) is 3.24. The van der Waals surface area contributed by atoms with E-state index in [2.05, 4.69) is 24.0 Å². The molecule has 2 nitrogen and oxygen atoms in total. The average Bonchev–Trinajstić information content (AvgIpc) is 2.24. The van der Waals surface area contributed by atoms with Crippen LogP contribution in [0.1, 0.15) is 19.8 Å². The van der Waals surface area contributed by atoms with Crippen LogP contribution >= 0.6 is 11.8 Å². The van der Waals surface area contributed by atoms with Crippen molar-refractivity contribution in [2.45, 2.75) is 25.9 Å². The van der Waals surface area contributed by atoms with Gasteiger partial charge >= 0.3 is 0 Å². The molecule has 1 aliphatic heterocycles. The van der Waals surface area contributed by atoms with Gasteiger partial charge in [0.15, 0.2) is 0 Å². The zero-order valence-electron chi connectivity index (χ0n) is 5.06. The summed E-state index contributed by atoms with van der Waals surface area (Å²) in [4.78, 5) is 0. The molecule has 0 aromatic heterocycles. The lowest BCUT2D eigenvalue weighted by Gasteiger charge is -1.94. The van der Waals surface area contributed by atoms with Crippen molar-refractivity contribution in [1.29, 1.82) is 0 Å². The van der Waals surface area contributed by atoms with Crippen molar-refractivity contribution in [2.24, 2.45) is 5.25 Å². The van der Waals surface area contributed by atoms with E-state index < -0.39 is 0 Å². The van der Waals surface area contributed by atoms with Crippen molar-refractivity contribution >= 4 is 11.8 Å². The van der Waals surface area contributed by atoms with Gasteiger partial charge in [0.2, 0.25) is 0 Å². The molecule has 1 atom stereocenters. The first-order chi connectivity index (χ1) is 3.89. The summed E-state index contributed by atoms with van der Waals surface area (Å²) < 4.78 is 5.15. The SMILES string of the molecule is CC1CCCO1.NCl. The van der Waals surface area contributed by atoms with Crippen molar-refractivity contribution in [3.8, 4) is 0 Å². The second kappa shape index (κ2) is 5.35. The molecular weight excluding hydrogens is 126 g/mol. The third-order valence-corrected chi connectivity index (χ3v) is 1.16. The van der Waals surface area contributed by atoms with Gasteiger partial charge in [0.1, 0.15) is 0 Å². The van der Waals surface area contributed by atoms with Crippen molar-refractivity contribution in [1.82, 2.24) is 0 Å². The van der Waals surface area contributed by atoms with Crippen molar-refractivity contribution in [2.75, 3.05) is 6.61 Å². The van der Waals surface area contributed by atoms with Crippen LogP contribution in [0.25, 0.3) is 0 Å². The van der Waals surface area contributed by atoms with Gasteiger partial charge in [0.25, 0.3) is 0 Å². The summed E-state index contributed by atoms with van der Waals surface area (Å²) in [6, 6.07) is 0. The van der Waals surface area contributed by atoms with E-state index in [0.29, 0.717) is 6.10 Å². The van der Waals surface area contributed by atoms with Crippen LogP contribution in [0.3, 0.4) is 0 Å². The fraction of sp³-hybridized carbons (Fsp3) is 1.00. The predicted molar refractivity (Wildman–Crippen MR) is 34.7 cm³/mol. The number of ether oxygens (including phenoxy) is 1. The van der Waals surface area contributed by atoms with Crippen molar-refractivity contribution in [3.63, 3.8) is 0 Å². The number of rotatable bonds is 0. The minimum absolute atomic E-state index is 0.546. The zero-order valence-corrected chi connectivity index (χ0v) is 5.82. The normalized spacial score (nSPS) is 26.6. The standard InChI is InChI=1S/C5H10O.ClH2N/c1-5-3-2-4-6-5;1-2/h5H,2-4H2,1H3;2H2. The van der Waals surface area contributed by atoms with Crippen LogP contribution in [-0.2, 0) is 4.74 Å². The summed E-state index contributed by atoms with van der Waals surface area (Å²) in [5, 5.41) is 3.97. The number of hydrogen-bond acceptors (Lipinski definition) is 2. The van der Waals surface area contributed by atoms with E-state index in [9.17, 15) is 0 Å². The Hall–Kier alpha value is 0.210. The molecule has 0 aromatic carbocycles. The van der Waals surface area contributed by atoms with E-state index in [1.165, 1.54) is 12.8 Å². The maximum Gasteiger partial charge on any atom is 0.0547 e. The highest BCUT2D eigenvalue weighted by Crippen LogP contribution is 2.09. The van der Waals surface area contributed by atoms with Crippen LogP contribution < -0.4 is 5.25 Å². The molecule has 0 aromatic rings. The van der Waals surface area contributed by atoms with Crippen LogP contribution in [0.4, 0.5) is 0 Å². The topological polar surface area (TPSA) is 35.2 Å². The highest BCUT2D eigenvalue weighted by Gasteiger charge is 2.07. The Morgan fingerprint density at radius 2 is 2.25 bits per heavy atom. The van der Waals surface area contributed by atoms with Crippen LogP contribution in [0, 0.1) is 0 Å². The maximum absolute atomic E-state index is 5.15. The van der Waals surface area contributed by atoms with Gasteiger partial charge in [0.05, 0.1) is 6.10 Å². The second-order valence-electron chi connectivity index (χ2n) is 1.82. The van der Waals surface area contributed by atoms with Crippen LogP contribution in [0.5, 0.6) is 0 Å². The molecule has 3 heteroatoms. The molecule has 0 bridgehead atoms. The smallest absolute Gasteiger partial charge is 0.0547 e.